The third kappa shape index (κ3) is 2.80. The van der Waals surface area contributed by atoms with E-state index in [1.807, 2.05) is 0 Å². The summed E-state index contributed by atoms with van der Waals surface area (Å²) < 4.78 is 2.25. The van der Waals surface area contributed by atoms with Gasteiger partial charge in [-0.1, -0.05) is 0 Å². The molecule has 2 aromatic rings. The number of thioether (sulfide) groups is 1. The SMILES string of the molecule is Cn1c(=O)c2cc(NC(=O)CN3CSCC3=O)cnc2n(C)c1=O. The van der Waals surface area contributed by atoms with Gasteiger partial charge in [-0.3, -0.25) is 23.5 Å². The van der Waals surface area contributed by atoms with E-state index < -0.39 is 11.2 Å². The van der Waals surface area contributed by atoms with Gasteiger partial charge >= 0.3 is 5.69 Å². The van der Waals surface area contributed by atoms with E-state index in [4.69, 9.17) is 0 Å². The predicted molar refractivity (Wildman–Crippen MR) is 89.9 cm³/mol. The smallest absolute Gasteiger partial charge is 0.323 e. The minimum Gasteiger partial charge on any atom is -0.323 e. The van der Waals surface area contributed by atoms with Crippen LogP contribution in [0.5, 0.6) is 0 Å². The lowest BCUT2D eigenvalue weighted by molar-refractivity contribution is -0.130. The molecule has 0 aromatic carbocycles. The fourth-order valence-electron chi connectivity index (χ4n) is 2.45. The Morgan fingerprint density at radius 3 is 2.71 bits per heavy atom. The molecule has 0 aliphatic carbocycles. The summed E-state index contributed by atoms with van der Waals surface area (Å²) in [6.07, 6.45) is 1.37. The summed E-state index contributed by atoms with van der Waals surface area (Å²) in [5.74, 6) is 0.434. The Balaban J connectivity index is 1.88. The zero-order valence-corrected chi connectivity index (χ0v) is 13.9. The van der Waals surface area contributed by atoms with Gasteiger partial charge in [0.2, 0.25) is 11.8 Å². The average molecular weight is 349 g/mol. The predicted octanol–water partition coefficient (Wildman–Crippen LogP) is -0.896. The van der Waals surface area contributed by atoms with Gasteiger partial charge in [0, 0.05) is 14.1 Å². The summed E-state index contributed by atoms with van der Waals surface area (Å²) in [5, 5.41) is 2.85. The molecule has 2 aromatic heterocycles. The number of anilines is 1. The highest BCUT2D eigenvalue weighted by atomic mass is 32.2. The summed E-state index contributed by atoms with van der Waals surface area (Å²) in [6, 6.07) is 1.47. The molecule has 1 aliphatic rings. The maximum absolute atomic E-state index is 12.2. The summed E-state index contributed by atoms with van der Waals surface area (Å²) in [5.41, 5.74) is -0.376. The maximum Gasteiger partial charge on any atom is 0.332 e. The number of hydrogen-bond donors (Lipinski definition) is 1. The van der Waals surface area contributed by atoms with Crippen molar-refractivity contribution in [2.24, 2.45) is 14.1 Å². The first kappa shape index (κ1) is 16.2. The topological polar surface area (TPSA) is 106 Å². The molecule has 1 saturated heterocycles. The first-order valence-electron chi connectivity index (χ1n) is 7.09. The standard InChI is InChI=1S/C14H15N5O4S/c1-17-12-9(13(22)18(2)14(17)23)3-8(4-15-12)16-10(20)5-19-7-24-6-11(19)21/h3-4H,5-7H2,1-2H3,(H,16,20). The lowest BCUT2D eigenvalue weighted by atomic mass is 10.3. The molecule has 1 fully saturated rings. The molecule has 3 rings (SSSR count). The van der Waals surface area contributed by atoms with Gasteiger partial charge in [-0.15, -0.1) is 11.8 Å². The Labute approximate surface area is 140 Å². The van der Waals surface area contributed by atoms with Crippen molar-refractivity contribution < 1.29 is 9.59 Å². The molecule has 0 atom stereocenters. The second kappa shape index (κ2) is 6.11. The van der Waals surface area contributed by atoms with Crippen molar-refractivity contribution in [1.29, 1.82) is 0 Å². The number of hydrogen-bond acceptors (Lipinski definition) is 6. The Morgan fingerprint density at radius 2 is 2.04 bits per heavy atom. The molecule has 2 amide bonds. The van der Waals surface area contributed by atoms with Crippen LogP contribution in [0.25, 0.3) is 11.0 Å². The van der Waals surface area contributed by atoms with Gasteiger partial charge in [-0.05, 0) is 6.07 Å². The molecule has 0 radical (unpaired) electrons. The molecule has 9 nitrogen and oxygen atoms in total. The summed E-state index contributed by atoms with van der Waals surface area (Å²) in [7, 11) is 2.90. The molecule has 24 heavy (non-hydrogen) atoms. The number of carbonyl (C=O) groups is 2. The van der Waals surface area contributed by atoms with Gasteiger partial charge in [0.05, 0.1) is 28.9 Å². The van der Waals surface area contributed by atoms with Crippen LogP contribution in [0.2, 0.25) is 0 Å². The molecule has 10 heteroatoms. The van der Waals surface area contributed by atoms with E-state index in [0.717, 1.165) is 4.57 Å². The number of nitrogens with one attached hydrogen (secondary N) is 1. The van der Waals surface area contributed by atoms with Crippen molar-refractivity contribution >= 4 is 40.3 Å². The lowest BCUT2D eigenvalue weighted by Crippen LogP contribution is -2.37. The summed E-state index contributed by atoms with van der Waals surface area (Å²) in [6.45, 7) is -0.0465. The highest BCUT2D eigenvalue weighted by molar-refractivity contribution is 8.00. The number of aromatic nitrogens is 3. The zero-order valence-electron chi connectivity index (χ0n) is 13.1. The van der Waals surface area contributed by atoms with Crippen LogP contribution in [0.3, 0.4) is 0 Å². The second-order valence-corrected chi connectivity index (χ2v) is 6.37. The van der Waals surface area contributed by atoms with Gasteiger partial charge < -0.3 is 10.2 Å². The van der Waals surface area contributed by atoms with E-state index in [2.05, 4.69) is 10.3 Å². The maximum atomic E-state index is 12.2. The quantitative estimate of drug-likeness (QED) is 0.770. The number of rotatable bonds is 3. The number of fused-ring (bicyclic) bond motifs is 1. The molecule has 0 unspecified atom stereocenters. The number of aryl methyl sites for hydroxylation is 1. The third-order valence-electron chi connectivity index (χ3n) is 3.74. The zero-order chi connectivity index (χ0) is 17.4. The van der Waals surface area contributed by atoms with Gasteiger partial charge in [-0.2, -0.15) is 0 Å². The number of nitrogens with zero attached hydrogens (tertiary/aromatic N) is 4. The first-order chi connectivity index (χ1) is 11.4. The molecule has 0 saturated carbocycles. The van der Waals surface area contributed by atoms with Crippen molar-refractivity contribution in [3.8, 4) is 0 Å². The van der Waals surface area contributed by atoms with E-state index in [0.29, 0.717) is 17.3 Å². The second-order valence-electron chi connectivity index (χ2n) is 5.42. The molecule has 1 aliphatic heterocycles. The van der Waals surface area contributed by atoms with Crippen LogP contribution in [0.4, 0.5) is 5.69 Å². The van der Waals surface area contributed by atoms with Crippen molar-refractivity contribution in [3.05, 3.63) is 33.1 Å². The largest absolute Gasteiger partial charge is 0.332 e. The fraction of sp³-hybridized carbons (Fsp3) is 0.357. The van der Waals surface area contributed by atoms with Crippen molar-refractivity contribution in [2.75, 3.05) is 23.5 Å². The van der Waals surface area contributed by atoms with E-state index in [1.54, 1.807) is 0 Å². The van der Waals surface area contributed by atoms with Crippen LogP contribution < -0.4 is 16.6 Å². The number of pyridine rings is 1. The van der Waals surface area contributed by atoms with Crippen LogP contribution in [0.1, 0.15) is 0 Å². The van der Waals surface area contributed by atoms with Crippen molar-refractivity contribution in [3.63, 3.8) is 0 Å². The van der Waals surface area contributed by atoms with Crippen LogP contribution in [-0.2, 0) is 23.7 Å². The monoisotopic (exact) mass is 349 g/mol. The Kier molecular flexibility index (Phi) is 4.14. The van der Waals surface area contributed by atoms with Crippen LogP contribution in [0, 0.1) is 0 Å². The normalized spacial score (nSPS) is 14.4. The number of carbonyl (C=O) groups excluding carboxylic acids is 2. The highest BCUT2D eigenvalue weighted by Gasteiger charge is 2.23. The van der Waals surface area contributed by atoms with E-state index >= 15 is 0 Å². The molecule has 0 spiro atoms. The first-order valence-corrected chi connectivity index (χ1v) is 8.25. The third-order valence-corrected chi connectivity index (χ3v) is 4.68. The Morgan fingerprint density at radius 1 is 1.29 bits per heavy atom. The van der Waals surface area contributed by atoms with Gasteiger partial charge in [0.15, 0.2) is 0 Å². The fourth-order valence-corrected chi connectivity index (χ4v) is 3.35. The van der Waals surface area contributed by atoms with Crippen molar-refractivity contribution in [2.45, 2.75) is 0 Å². The van der Waals surface area contributed by atoms with Crippen molar-refractivity contribution in [1.82, 2.24) is 19.0 Å². The van der Waals surface area contributed by atoms with E-state index in [9.17, 15) is 19.2 Å². The molecule has 1 N–H and O–H groups in total. The minimum atomic E-state index is -0.484. The lowest BCUT2D eigenvalue weighted by Gasteiger charge is -2.14. The minimum absolute atomic E-state index is 0.0465. The van der Waals surface area contributed by atoms with E-state index in [1.165, 1.54) is 47.6 Å². The summed E-state index contributed by atoms with van der Waals surface area (Å²) >= 11 is 1.45. The average Bonchev–Trinajstić information content (AvgIpc) is 2.95. The van der Waals surface area contributed by atoms with Crippen LogP contribution in [0.15, 0.2) is 21.9 Å². The number of amides is 2. The molecular weight excluding hydrogens is 334 g/mol. The van der Waals surface area contributed by atoms with Gasteiger partial charge in [-0.25, -0.2) is 9.78 Å². The Bertz CT molecular complexity index is 964. The highest BCUT2D eigenvalue weighted by Crippen LogP contribution is 2.15. The Hall–Kier alpha value is -2.62. The van der Waals surface area contributed by atoms with Crippen LogP contribution in [-0.4, -0.2) is 49.0 Å². The van der Waals surface area contributed by atoms with Gasteiger partial charge in [0.1, 0.15) is 12.2 Å². The van der Waals surface area contributed by atoms with Gasteiger partial charge in [0.25, 0.3) is 5.56 Å². The summed E-state index contributed by atoms with van der Waals surface area (Å²) in [4.78, 5) is 53.2. The molecule has 3 heterocycles. The van der Waals surface area contributed by atoms with E-state index in [-0.39, 0.29) is 29.4 Å². The molecule has 0 bridgehead atoms. The van der Waals surface area contributed by atoms with Crippen LogP contribution >= 0.6 is 11.8 Å². The molecule has 126 valence electrons. The molecular formula is C14H15N5O4S.